The van der Waals surface area contributed by atoms with Gasteiger partial charge in [-0.25, -0.2) is 9.37 Å². The number of carbonyl (C=O) groups excluding carboxylic acids is 1. The molecule has 0 bridgehead atoms. The van der Waals surface area contributed by atoms with E-state index in [0.29, 0.717) is 18.9 Å². The fraction of sp³-hybridized carbons (Fsp3) is 0.320. The standard InChI is InChI=1S/C25H27FN4O/c1-17(19-6-4-3-5-7-19)28-25-27-14-12-24(29-25)30-15-13-21(18(2)31)16-23(30)20-8-10-22(26)11-9-20/h3-12,14,17,21,23H,13,15-16H2,1-2H3,(H,27,28,29). The van der Waals surface area contributed by atoms with Crippen molar-refractivity contribution in [2.45, 2.75) is 38.8 Å². The van der Waals surface area contributed by atoms with Crippen molar-refractivity contribution in [2.75, 3.05) is 16.8 Å². The molecule has 0 saturated carbocycles. The lowest BCUT2D eigenvalue weighted by Gasteiger charge is -2.40. The van der Waals surface area contributed by atoms with Gasteiger partial charge in [0.1, 0.15) is 17.4 Å². The van der Waals surface area contributed by atoms with E-state index >= 15 is 0 Å². The van der Waals surface area contributed by atoms with Crippen molar-refractivity contribution < 1.29 is 9.18 Å². The number of hydrogen-bond acceptors (Lipinski definition) is 5. The molecule has 6 heteroatoms. The number of halogens is 1. The lowest BCUT2D eigenvalue weighted by molar-refractivity contribution is -0.121. The summed E-state index contributed by atoms with van der Waals surface area (Å²) in [5.74, 6) is 1.30. The van der Waals surface area contributed by atoms with Crippen LogP contribution in [0.3, 0.4) is 0 Å². The van der Waals surface area contributed by atoms with Crippen LogP contribution in [0.1, 0.15) is 49.9 Å². The summed E-state index contributed by atoms with van der Waals surface area (Å²) in [6.07, 6.45) is 3.22. The van der Waals surface area contributed by atoms with E-state index in [9.17, 15) is 9.18 Å². The van der Waals surface area contributed by atoms with E-state index in [2.05, 4.69) is 34.3 Å². The molecule has 160 valence electrons. The molecule has 3 aromatic rings. The number of Topliss-reactive ketones (excluding diaryl/α,β-unsaturated/α-hetero) is 1. The topological polar surface area (TPSA) is 58.1 Å². The van der Waals surface area contributed by atoms with Crippen LogP contribution >= 0.6 is 0 Å². The number of hydrogen-bond donors (Lipinski definition) is 1. The van der Waals surface area contributed by atoms with Crippen molar-refractivity contribution >= 4 is 17.5 Å². The van der Waals surface area contributed by atoms with Gasteiger partial charge in [-0.15, -0.1) is 0 Å². The van der Waals surface area contributed by atoms with Gasteiger partial charge in [0.15, 0.2) is 0 Å². The monoisotopic (exact) mass is 418 g/mol. The maximum atomic E-state index is 13.5. The molecule has 0 spiro atoms. The summed E-state index contributed by atoms with van der Waals surface area (Å²) >= 11 is 0. The first-order chi connectivity index (χ1) is 15.0. The second-order valence-corrected chi connectivity index (χ2v) is 8.11. The fourth-order valence-corrected chi connectivity index (χ4v) is 4.21. The summed E-state index contributed by atoms with van der Waals surface area (Å²) in [7, 11) is 0. The minimum absolute atomic E-state index is 0.00355. The zero-order valence-electron chi connectivity index (χ0n) is 17.8. The number of anilines is 2. The number of benzene rings is 2. The van der Waals surface area contributed by atoms with E-state index in [1.807, 2.05) is 24.3 Å². The Labute approximate surface area is 182 Å². The minimum Gasteiger partial charge on any atom is -0.349 e. The van der Waals surface area contributed by atoms with Gasteiger partial charge in [0, 0.05) is 18.7 Å². The predicted molar refractivity (Wildman–Crippen MR) is 120 cm³/mol. The van der Waals surface area contributed by atoms with Gasteiger partial charge in [0.25, 0.3) is 0 Å². The molecule has 2 heterocycles. The van der Waals surface area contributed by atoms with Crippen LogP contribution in [-0.2, 0) is 4.79 Å². The molecule has 2 aromatic carbocycles. The molecule has 5 nitrogen and oxygen atoms in total. The summed E-state index contributed by atoms with van der Waals surface area (Å²) in [5, 5.41) is 3.37. The fourth-order valence-electron chi connectivity index (χ4n) is 4.21. The third-order valence-corrected chi connectivity index (χ3v) is 6.01. The quantitative estimate of drug-likeness (QED) is 0.586. The van der Waals surface area contributed by atoms with E-state index in [1.54, 1.807) is 25.3 Å². The molecule has 0 aliphatic carbocycles. The number of carbonyl (C=O) groups is 1. The first-order valence-electron chi connectivity index (χ1n) is 10.7. The van der Waals surface area contributed by atoms with E-state index < -0.39 is 0 Å². The van der Waals surface area contributed by atoms with Gasteiger partial charge in [0.05, 0.1) is 12.1 Å². The number of rotatable bonds is 6. The van der Waals surface area contributed by atoms with E-state index in [0.717, 1.165) is 23.4 Å². The Kier molecular flexibility index (Phi) is 6.26. The molecule has 4 rings (SSSR count). The number of nitrogens with zero attached hydrogens (tertiary/aromatic N) is 3. The zero-order chi connectivity index (χ0) is 21.8. The molecule has 1 aliphatic rings. The highest BCUT2D eigenvalue weighted by atomic mass is 19.1. The third-order valence-electron chi connectivity index (χ3n) is 6.01. The van der Waals surface area contributed by atoms with Crippen molar-refractivity contribution in [3.05, 3.63) is 83.8 Å². The first-order valence-corrected chi connectivity index (χ1v) is 10.7. The van der Waals surface area contributed by atoms with Crippen LogP contribution in [0, 0.1) is 11.7 Å². The van der Waals surface area contributed by atoms with Gasteiger partial charge in [-0.05, 0) is 56.0 Å². The maximum Gasteiger partial charge on any atom is 0.225 e. The normalized spacial score (nSPS) is 19.6. The molecule has 0 amide bonds. The molecule has 1 saturated heterocycles. The highest BCUT2D eigenvalue weighted by Crippen LogP contribution is 2.37. The lowest BCUT2D eigenvalue weighted by atomic mass is 9.85. The van der Waals surface area contributed by atoms with Crippen LogP contribution in [0.2, 0.25) is 0 Å². The Morgan fingerprint density at radius 2 is 1.87 bits per heavy atom. The Hall–Kier alpha value is -3.28. The molecular formula is C25H27FN4O. The summed E-state index contributed by atoms with van der Waals surface area (Å²) in [5.41, 5.74) is 2.14. The molecule has 1 aromatic heterocycles. The zero-order valence-corrected chi connectivity index (χ0v) is 17.8. The molecule has 31 heavy (non-hydrogen) atoms. The summed E-state index contributed by atoms with van der Waals surface area (Å²) < 4.78 is 13.5. The summed E-state index contributed by atoms with van der Waals surface area (Å²) in [4.78, 5) is 23.4. The third kappa shape index (κ3) is 4.90. The Morgan fingerprint density at radius 3 is 2.58 bits per heavy atom. The van der Waals surface area contributed by atoms with Gasteiger partial charge in [-0.3, -0.25) is 4.79 Å². The number of nitrogens with one attached hydrogen (secondary N) is 1. The van der Waals surface area contributed by atoms with E-state index in [1.165, 1.54) is 12.1 Å². The molecule has 1 aliphatic heterocycles. The first kappa shape index (κ1) is 21.0. The highest BCUT2D eigenvalue weighted by molar-refractivity contribution is 5.78. The van der Waals surface area contributed by atoms with Crippen molar-refractivity contribution in [1.82, 2.24) is 9.97 Å². The molecule has 1 N–H and O–H groups in total. The minimum atomic E-state index is -0.266. The SMILES string of the molecule is CC(=O)C1CCN(c2ccnc(NC(C)c3ccccc3)n2)C(c2ccc(F)cc2)C1. The molecule has 0 radical (unpaired) electrons. The second-order valence-electron chi connectivity index (χ2n) is 8.11. The summed E-state index contributed by atoms with van der Waals surface area (Å²) in [6, 6.07) is 18.6. The van der Waals surface area contributed by atoms with Gasteiger partial charge >= 0.3 is 0 Å². The summed E-state index contributed by atoms with van der Waals surface area (Å²) in [6.45, 7) is 4.43. The Bertz CT molecular complexity index is 1030. The van der Waals surface area contributed by atoms with Crippen LogP contribution < -0.4 is 10.2 Å². The van der Waals surface area contributed by atoms with Crippen LogP contribution in [0.25, 0.3) is 0 Å². The van der Waals surface area contributed by atoms with Gasteiger partial charge in [-0.1, -0.05) is 42.5 Å². The number of aromatic nitrogens is 2. The van der Waals surface area contributed by atoms with Crippen molar-refractivity contribution in [2.24, 2.45) is 5.92 Å². The molecular weight excluding hydrogens is 391 g/mol. The molecule has 3 unspecified atom stereocenters. The lowest BCUT2D eigenvalue weighted by Crippen LogP contribution is -2.39. The predicted octanol–water partition coefficient (Wildman–Crippen LogP) is 5.34. The average Bonchev–Trinajstić information content (AvgIpc) is 2.80. The van der Waals surface area contributed by atoms with Gasteiger partial charge in [0.2, 0.25) is 5.95 Å². The second kappa shape index (κ2) is 9.25. The van der Waals surface area contributed by atoms with E-state index in [4.69, 9.17) is 4.98 Å². The number of piperidine rings is 1. The van der Waals surface area contributed by atoms with Crippen molar-refractivity contribution in [3.8, 4) is 0 Å². The van der Waals surface area contributed by atoms with Crippen LogP contribution in [0.5, 0.6) is 0 Å². The smallest absolute Gasteiger partial charge is 0.225 e. The molecule has 1 fully saturated rings. The number of ketones is 1. The van der Waals surface area contributed by atoms with Crippen LogP contribution in [0.4, 0.5) is 16.2 Å². The maximum absolute atomic E-state index is 13.5. The molecule has 3 atom stereocenters. The largest absolute Gasteiger partial charge is 0.349 e. The van der Waals surface area contributed by atoms with Crippen LogP contribution in [-0.4, -0.2) is 22.3 Å². The van der Waals surface area contributed by atoms with Crippen LogP contribution in [0.15, 0.2) is 66.9 Å². The average molecular weight is 419 g/mol. The van der Waals surface area contributed by atoms with Crippen molar-refractivity contribution in [3.63, 3.8) is 0 Å². The van der Waals surface area contributed by atoms with Gasteiger partial charge in [-0.2, -0.15) is 4.98 Å². The van der Waals surface area contributed by atoms with Gasteiger partial charge < -0.3 is 10.2 Å². The van der Waals surface area contributed by atoms with Crippen molar-refractivity contribution in [1.29, 1.82) is 0 Å². The Morgan fingerprint density at radius 1 is 1.13 bits per heavy atom. The Balaban J connectivity index is 1.59. The highest BCUT2D eigenvalue weighted by Gasteiger charge is 2.32. The van der Waals surface area contributed by atoms with E-state index in [-0.39, 0.29) is 29.6 Å².